The summed E-state index contributed by atoms with van der Waals surface area (Å²) < 4.78 is 1.99. The number of likely N-dealkylation sites (tertiary alicyclic amines) is 1. The maximum atomic E-state index is 4.57. The van der Waals surface area contributed by atoms with Gasteiger partial charge in [-0.05, 0) is 43.2 Å². The minimum Gasteiger partial charge on any atom is -0.352 e. The second kappa shape index (κ2) is 7.09. The molecule has 0 atom stereocenters. The molecule has 6 nitrogen and oxygen atoms in total. The van der Waals surface area contributed by atoms with Crippen molar-refractivity contribution >= 4 is 5.96 Å². The van der Waals surface area contributed by atoms with Crippen molar-refractivity contribution in [2.45, 2.75) is 45.6 Å². The Balaban J connectivity index is 1.36. The van der Waals surface area contributed by atoms with E-state index in [1.54, 1.807) is 6.20 Å². The normalized spacial score (nSPS) is 19.5. The molecule has 1 spiro atoms. The molecule has 1 saturated carbocycles. The average molecular weight is 352 g/mol. The molecule has 1 aliphatic carbocycles. The Morgan fingerprint density at radius 1 is 1.23 bits per heavy atom. The minimum absolute atomic E-state index is 0.559. The third-order valence-corrected chi connectivity index (χ3v) is 5.95. The first-order valence-corrected chi connectivity index (χ1v) is 9.60. The van der Waals surface area contributed by atoms with Gasteiger partial charge in [0.05, 0.1) is 0 Å². The van der Waals surface area contributed by atoms with E-state index in [4.69, 9.17) is 0 Å². The fourth-order valence-corrected chi connectivity index (χ4v) is 4.45. The zero-order valence-electron chi connectivity index (χ0n) is 15.8. The van der Waals surface area contributed by atoms with Crippen LogP contribution < -0.4 is 5.32 Å². The number of hydrogen-bond donors (Lipinski definition) is 1. The number of aryl methyl sites for hydroxylation is 1. The molecule has 0 amide bonds. The number of imidazole rings is 1. The van der Waals surface area contributed by atoms with Crippen molar-refractivity contribution in [2.75, 3.05) is 20.1 Å². The monoisotopic (exact) mass is 352 g/mol. The molecule has 0 unspecified atom stereocenters. The van der Waals surface area contributed by atoms with E-state index in [0.717, 1.165) is 42.8 Å². The first-order valence-electron chi connectivity index (χ1n) is 9.60. The summed E-state index contributed by atoms with van der Waals surface area (Å²) in [6.07, 6.45) is 12.5. The van der Waals surface area contributed by atoms with E-state index in [-0.39, 0.29) is 0 Å². The Morgan fingerprint density at radius 3 is 2.73 bits per heavy atom. The van der Waals surface area contributed by atoms with Crippen LogP contribution in [-0.2, 0) is 6.54 Å². The van der Waals surface area contributed by atoms with Gasteiger partial charge in [0.1, 0.15) is 11.6 Å². The lowest BCUT2D eigenvalue weighted by molar-refractivity contribution is 0.309. The van der Waals surface area contributed by atoms with Gasteiger partial charge < -0.3 is 10.2 Å². The molecule has 26 heavy (non-hydrogen) atoms. The molecule has 2 aromatic heterocycles. The lowest BCUT2D eigenvalue weighted by Gasteiger charge is -2.26. The molecular formula is C20H28N6. The predicted octanol–water partition coefficient (Wildman–Crippen LogP) is 2.92. The number of hydrogen-bond acceptors (Lipinski definition) is 3. The van der Waals surface area contributed by atoms with Crippen LogP contribution in [0.3, 0.4) is 0 Å². The van der Waals surface area contributed by atoms with Crippen molar-refractivity contribution in [3.8, 4) is 5.82 Å². The van der Waals surface area contributed by atoms with Crippen molar-refractivity contribution in [3.05, 3.63) is 42.1 Å². The molecule has 138 valence electrons. The van der Waals surface area contributed by atoms with Crippen LogP contribution >= 0.6 is 0 Å². The van der Waals surface area contributed by atoms with Gasteiger partial charge in [0.2, 0.25) is 0 Å². The lowest BCUT2D eigenvalue weighted by Crippen LogP contribution is -2.40. The van der Waals surface area contributed by atoms with Crippen LogP contribution in [0.1, 0.15) is 43.5 Å². The molecular weight excluding hydrogens is 324 g/mol. The highest BCUT2D eigenvalue weighted by atomic mass is 15.3. The molecule has 1 N–H and O–H groups in total. The number of aromatic nitrogens is 3. The first-order chi connectivity index (χ1) is 12.7. The molecule has 1 saturated heterocycles. The summed E-state index contributed by atoms with van der Waals surface area (Å²) in [5, 5.41) is 3.52. The van der Waals surface area contributed by atoms with Crippen LogP contribution in [0.5, 0.6) is 0 Å². The number of pyridine rings is 1. The number of guanidine groups is 1. The number of rotatable bonds is 3. The van der Waals surface area contributed by atoms with Gasteiger partial charge in [-0.2, -0.15) is 0 Å². The van der Waals surface area contributed by atoms with Gasteiger partial charge in [-0.15, -0.1) is 0 Å². The van der Waals surface area contributed by atoms with Crippen LogP contribution in [0.4, 0.5) is 0 Å². The van der Waals surface area contributed by atoms with Gasteiger partial charge >= 0.3 is 0 Å². The van der Waals surface area contributed by atoms with Gasteiger partial charge in [-0.3, -0.25) is 9.56 Å². The summed E-state index contributed by atoms with van der Waals surface area (Å²) in [5.74, 6) is 2.86. The molecule has 0 bridgehead atoms. The third-order valence-electron chi connectivity index (χ3n) is 5.95. The first kappa shape index (κ1) is 17.1. The summed E-state index contributed by atoms with van der Waals surface area (Å²) in [6, 6.07) is 4.16. The van der Waals surface area contributed by atoms with E-state index < -0.39 is 0 Å². The van der Waals surface area contributed by atoms with E-state index in [2.05, 4.69) is 31.2 Å². The highest BCUT2D eigenvalue weighted by Gasteiger charge is 2.41. The molecule has 2 fully saturated rings. The van der Waals surface area contributed by atoms with Gasteiger partial charge in [0.25, 0.3) is 0 Å². The summed E-state index contributed by atoms with van der Waals surface area (Å²) in [7, 11) is 1.88. The topological polar surface area (TPSA) is 58.3 Å². The van der Waals surface area contributed by atoms with Gasteiger partial charge in [-0.1, -0.05) is 18.9 Å². The van der Waals surface area contributed by atoms with Crippen LogP contribution in [-0.4, -0.2) is 45.5 Å². The fraction of sp³-hybridized carbons (Fsp3) is 0.550. The molecule has 1 aliphatic heterocycles. The SMILES string of the molecule is CN=C(NCc1ccc(-n2ccnc2C)nc1)N1CCC2(CCCC2)C1. The molecule has 6 heteroatoms. The van der Waals surface area contributed by atoms with Crippen LogP contribution in [0.15, 0.2) is 35.7 Å². The van der Waals surface area contributed by atoms with E-state index in [9.17, 15) is 0 Å². The summed E-state index contributed by atoms with van der Waals surface area (Å²) >= 11 is 0. The lowest BCUT2D eigenvalue weighted by atomic mass is 9.86. The second-order valence-corrected chi connectivity index (χ2v) is 7.65. The van der Waals surface area contributed by atoms with Crippen molar-refractivity contribution in [3.63, 3.8) is 0 Å². The molecule has 0 radical (unpaired) electrons. The number of nitrogens with zero attached hydrogens (tertiary/aromatic N) is 5. The maximum absolute atomic E-state index is 4.57. The smallest absolute Gasteiger partial charge is 0.193 e. The minimum atomic E-state index is 0.559. The van der Waals surface area contributed by atoms with Crippen LogP contribution in [0.2, 0.25) is 0 Å². The quantitative estimate of drug-likeness (QED) is 0.682. The summed E-state index contributed by atoms with van der Waals surface area (Å²) in [4.78, 5) is 15.8. The van der Waals surface area contributed by atoms with Gasteiger partial charge in [0, 0.05) is 45.3 Å². The van der Waals surface area contributed by atoms with E-state index in [1.807, 2.05) is 37.0 Å². The zero-order chi connectivity index (χ0) is 18.0. The summed E-state index contributed by atoms with van der Waals surface area (Å²) in [5.41, 5.74) is 1.71. The third kappa shape index (κ3) is 3.32. The predicted molar refractivity (Wildman–Crippen MR) is 103 cm³/mol. The molecule has 4 rings (SSSR count). The van der Waals surface area contributed by atoms with Crippen molar-refractivity contribution < 1.29 is 0 Å². The molecule has 3 heterocycles. The van der Waals surface area contributed by atoms with E-state index >= 15 is 0 Å². The maximum Gasteiger partial charge on any atom is 0.193 e. The van der Waals surface area contributed by atoms with Crippen LogP contribution in [0, 0.1) is 12.3 Å². The van der Waals surface area contributed by atoms with Crippen molar-refractivity contribution in [1.82, 2.24) is 24.8 Å². The van der Waals surface area contributed by atoms with Crippen molar-refractivity contribution in [2.24, 2.45) is 10.4 Å². The van der Waals surface area contributed by atoms with Crippen molar-refractivity contribution in [1.29, 1.82) is 0 Å². The molecule has 2 aliphatic rings. The Kier molecular flexibility index (Phi) is 4.66. The molecule has 0 aromatic carbocycles. The second-order valence-electron chi connectivity index (χ2n) is 7.65. The van der Waals surface area contributed by atoms with E-state index in [1.165, 1.54) is 32.1 Å². The Bertz CT molecular complexity index is 770. The zero-order valence-corrected chi connectivity index (χ0v) is 15.8. The Hall–Kier alpha value is -2.37. The Morgan fingerprint density at radius 2 is 2.08 bits per heavy atom. The van der Waals surface area contributed by atoms with Gasteiger partial charge in [0.15, 0.2) is 5.96 Å². The average Bonchev–Trinajstić information content (AvgIpc) is 3.40. The highest BCUT2D eigenvalue weighted by Crippen LogP contribution is 2.45. The van der Waals surface area contributed by atoms with Crippen LogP contribution in [0.25, 0.3) is 5.82 Å². The fourth-order valence-electron chi connectivity index (χ4n) is 4.45. The Labute approximate surface area is 155 Å². The largest absolute Gasteiger partial charge is 0.352 e. The highest BCUT2D eigenvalue weighted by molar-refractivity contribution is 5.80. The summed E-state index contributed by atoms with van der Waals surface area (Å²) in [6.45, 7) is 5.00. The number of nitrogens with one attached hydrogen (secondary N) is 1. The molecule has 2 aromatic rings. The van der Waals surface area contributed by atoms with Gasteiger partial charge in [-0.25, -0.2) is 9.97 Å². The standard InChI is InChI=1S/C20H28N6/c1-16-22-10-12-26(16)18-6-5-17(13-23-18)14-24-19(21-2)25-11-9-20(15-25)7-3-4-8-20/h5-6,10,12-13H,3-4,7-9,11,14-15H2,1-2H3,(H,21,24). The number of aliphatic imine (C=N–C) groups is 1. The van der Waals surface area contributed by atoms with E-state index in [0.29, 0.717) is 5.41 Å².